The molecule has 0 atom stereocenters. The SMILES string of the molecule is CCN(CCC(=O)c1cccc(Cl)c1Cl)CC(C)(C)O. The highest BCUT2D eigenvalue weighted by Gasteiger charge is 2.19. The predicted molar refractivity (Wildman–Crippen MR) is 83.8 cm³/mol. The van der Waals surface area contributed by atoms with Gasteiger partial charge in [-0.1, -0.05) is 36.2 Å². The molecule has 5 heteroatoms. The molecule has 0 aliphatic rings. The Labute approximate surface area is 130 Å². The zero-order chi connectivity index (χ0) is 15.3. The average molecular weight is 318 g/mol. The number of Topliss-reactive ketones (excluding diaryl/α,β-unsaturated/α-hetero) is 1. The second kappa shape index (κ2) is 7.41. The summed E-state index contributed by atoms with van der Waals surface area (Å²) in [7, 11) is 0. The van der Waals surface area contributed by atoms with E-state index in [1.165, 1.54) is 0 Å². The topological polar surface area (TPSA) is 40.5 Å². The molecule has 20 heavy (non-hydrogen) atoms. The molecule has 1 aromatic rings. The summed E-state index contributed by atoms with van der Waals surface area (Å²) in [6.07, 6.45) is 0.351. The summed E-state index contributed by atoms with van der Waals surface area (Å²) < 4.78 is 0. The molecule has 0 aliphatic heterocycles. The summed E-state index contributed by atoms with van der Waals surface area (Å²) in [6, 6.07) is 5.06. The third-order valence-electron chi connectivity index (χ3n) is 2.96. The van der Waals surface area contributed by atoms with Crippen LogP contribution < -0.4 is 0 Å². The van der Waals surface area contributed by atoms with Crippen LogP contribution in [0.15, 0.2) is 18.2 Å². The fourth-order valence-electron chi connectivity index (χ4n) is 2.01. The number of rotatable bonds is 7. The highest BCUT2D eigenvalue weighted by atomic mass is 35.5. The largest absolute Gasteiger partial charge is 0.389 e. The number of halogens is 2. The molecule has 112 valence electrons. The molecule has 0 aromatic heterocycles. The van der Waals surface area contributed by atoms with Gasteiger partial charge in [-0.2, -0.15) is 0 Å². The fourth-order valence-corrected chi connectivity index (χ4v) is 2.42. The van der Waals surface area contributed by atoms with Gasteiger partial charge < -0.3 is 10.0 Å². The third kappa shape index (κ3) is 5.41. The fraction of sp³-hybridized carbons (Fsp3) is 0.533. The summed E-state index contributed by atoms with van der Waals surface area (Å²) in [5, 5.41) is 10.5. The Hall–Kier alpha value is -0.610. The Bertz CT molecular complexity index is 469. The molecule has 1 N–H and O–H groups in total. The standard InChI is InChI=1S/C15H21Cl2NO2/c1-4-18(10-15(2,3)20)9-8-13(19)11-6-5-7-12(16)14(11)17/h5-7,20H,4,8-10H2,1-3H3. The zero-order valence-corrected chi connectivity index (χ0v) is 13.6. The number of benzene rings is 1. The van der Waals surface area contributed by atoms with Gasteiger partial charge in [-0.3, -0.25) is 4.79 Å². The summed E-state index contributed by atoms with van der Waals surface area (Å²) >= 11 is 11.9. The van der Waals surface area contributed by atoms with Crippen molar-refractivity contribution in [3.63, 3.8) is 0 Å². The quantitative estimate of drug-likeness (QED) is 0.780. The first-order valence-corrected chi connectivity index (χ1v) is 7.42. The number of hydrogen-bond donors (Lipinski definition) is 1. The lowest BCUT2D eigenvalue weighted by Crippen LogP contribution is -2.39. The maximum atomic E-state index is 12.2. The van der Waals surface area contributed by atoms with Crippen LogP contribution in [0.1, 0.15) is 37.6 Å². The van der Waals surface area contributed by atoms with Gasteiger partial charge in [0.1, 0.15) is 0 Å². The molecule has 0 saturated carbocycles. The smallest absolute Gasteiger partial charge is 0.165 e. The lowest BCUT2D eigenvalue weighted by Gasteiger charge is -2.27. The van der Waals surface area contributed by atoms with Crippen molar-refractivity contribution in [3.05, 3.63) is 33.8 Å². The van der Waals surface area contributed by atoms with Crippen LogP contribution in [0.3, 0.4) is 0 Å². The Morgan fingerprint density at radius 2 is 2.00 bits per heavy atom. The lowest BCUT2D eigenvalue weighted by atomic mass is 10.1. The van der Waals surface area contributed by atoms with Crippen molar-refractivity contribution >= 4 is 29.0 Å². The lowest BCUT2D eigenvalue weighted by molar-refractivity contribution is 0.0371. The molecule has 3 nitrogen and oxygen atoms in total. The number of ketones is 1. The van der Waals surface area contributed by atoms with Crippen molar-refractivity contribution in [2.24, 2.45) is 0 Å². The third-order valence-corrected chi connectivity index (χ3v) is 3.78. The van der Waals surface area contributed by atoms with Crippen molar-refractivity contribution in [2.75, 3.05) is 19.6 Å². The van der Waals surface area contributed by atoms with Crippen LogP contribution in [0.2, 0.25) is 10.0 Å². The second-order valence-electron chi connectivity index (χ2n) is 5.46. The van der Waals surface area contributed by atoms with Crippen molar-refractivity contribution in [1.82, 2.24) is 4.90 Å². The Balaban J connectivity index is 2.64. The van der Waals surface area contributed by atoms with E-state index < -0.39 is 5.60 Å². The highest BCUT2D eigenvalue weighted by molar-refractivity contribution is 6.43. The highest BCUT2D eigenvalue weighted by Crippen LogP contribution is 2.26. The molecule has 0 radical (unpaired) electrons. The maximum absolute atomic E-state index is 12.2. The van der Waals surface area contributed by atoms with E-state index in [2.05, 4.69) is 0 Å². The molecular weight excluding hydrogens is 297 g/mol. The minimum Gasteiger partial charge on any atom is -0.389 e. The van der Waals surface area contributed by atoms with Crippen LogP contribution in [0.4, 0.5) is 0 Å². The maximum Gasteiger partial charge on any atom is 0.165 e. The van der Waals surface area contributed by atoms with Crippen LogP contribution in [0.25, 0.3) is 0 Å². The molecule has 0 heterocycles. The van der Waals surface area contributed by atoms with Crippen LogP contribution in [0.5, 0.6) is 0 Å². The van der Waals surface area contributed by atoms with Gasteiger partial charge in [0.2, 0.25) is 0 Å². The van der Waals surface area contributed by atoms with Crippen LogP contribution in [-0.4, -0.2) is 41.0 Å². The first-order chi connectivity index (χ1) is 9.24. The number of nitrogens with zero attached hydrogens (tertiary/aromatic N) is 1. The molecule has 0 amide bonds. The first kappa shape index (κ1) is 17.4. The zero-order valence-electron chi connectivity index (χ0n) is 12.1. The molecule has 0 spiro atoms. The molecule has 0 fully saturated rings. The van der Waals surface area contributed by atoms with E-state index in [1.807, 2.05) is 11.8 Å². The minimum absolute atomic E-state index is 0.0355. The number of carbonyl (C=O) groups excluding carboxylic acids is 1. The summed E-state index contributed by atoms with van der Waals surface area (Å²) in [5.41, 5.74) is -0.314. The molecule has 0 unspecified atom stereocenters. The van der Waals surface area contributed by atoms with Crippen molar-refractivity contribution in [1.29, 1.82) is 0 Å². The average Bonchev–Trinajstić information content (AvgIpc) is 2.36. The van der Waals surface area contributed by atoms with Crippen molar-refractivity contribution < 1.29 is 9.90 Å². The van der Waals surface area contributed by atoms with Gasteiger partial charge in [0.25, 0.3) is 0 Å². The van der Waals surface area contributed by atoms with Gasteiger partial charge in [0, 0.05) is 25.1 Å². The van der Waals surface area contributed by atoms with E-state index in [1.54, 1.807) is 32.0 Å². The monoisotopic (exact) mass is 317 g/mol. The van der Waals surface area contributed by atoms with Gasteiger partial charge in [0.05, 0.1) is 15.6 Å². The Morgan fingerprint density at radius 3 is 2.55 bits per heavy atom. The number of carbonyl (C=O) groups is 1. The molecule has 1 aromatic carbocycles. The van der Waals surface area contributed by atoms with E-state index in [0.29, 0.717) is 35.1 Å². The van der Waals surface area contributed by atoms with Crippen LogP contribution in [0, 0.1) is 0 Å². The summed E-state index contributed by atoms with van der Waals surface area (Å²) in [5.74, 6) is -0.0355. The van der Waals surface area contributed by atoms with E-state index in [0.717, 1.165) is 6.54 Å². The van der Waals surface area contributed by atoms with Crippen molar-refractivity contribution in [2.45, 2.75) is 32.8 Å². The normalized spacial score (nSPS) is 11.9. The summed E-state index contributed by atoms with van der Waals surface area (Å²) in [4.78, 5) is 14.2. The molecular formula is C15H21Cl2NO2. The molecule has 0 saturated heterocycles. The van der Waals surface area contributed by atoms with Gasteiger partial charge in [-0.15, -0.1) is 0 Å². The van der Waals surface area contributed by atoms with Gasteiger partial charge in [0.15, 0.2) is 5.78 Å². The minimum atomic E-state index is -0.771. The van der Waals surface area contributed by atoms with E-state index >= 15 is 0 Å². The summed E-state index contributed by atoms with van der Waals surface area (Å²) in [6.45, 7) is 7.40. The molecule has 0 aliphatic carbocycles. The van der Waals surface area contributed by atoms with Gasteiger partial charge in [-0.25, -0.2) is 0 Å². The molecule has 0 bridgehead atoms. The Morgan fingerprint density at radius 1 is 1.35 bits per heavy atom. The second-order valence-corrected chi connectivity index (χ2v) is 6.24. The Kier molecular flexibility index (Phi) is 6.46. The van der Waals surface area contributed by atoms with E-state index in [-0.39, 0.29) is 5.78 Å². The molecule has 1 rings (SSSR count). The number of likely N-dealkylation sites (N-methyl/N-ethyl adjacent to an activating group) is 1. The first-order valence-electron chi connectivity index (χ1n) is 6.66. The number of hydrogen-bond acceptors (Lipinski definition) is 3. The van der Waals surface area contributed by atoms with Crippen molar-refractivity contribution in [3.8, 4) is 0 Å². The van der Waals surface area contributed by atoms with Crippen LogP contribution >= 0.6 is 23.2 Å². The van der Waals surface area contributed by atoms with Crippen LogP contribution in [-0.2, 0) is 0 Å². The van der Waals surface area contributed by atoms with Gasteiger partial charge in [-0.05, 0) is 32.5 Å². The number of aliphatic hydroxyl groups is 1. The van der Waals surface area contributed by atoms with E-state index in [4.69, 9.17) is 23.2 Å². The van der Waals surface area contributed by atoms with E-state index in [9.17, 15) is 9.90 Å². The predicted octanol–water partition coefficient (Wildman–Crippen LogP) is 3.66. The van der Waals surface area contributed by atoms with Gasteiger partial charge >= 0.3 is 0 Å².